The quantitative estimate of drug-likeness (QED) is 0.670. The van der Waals surface area contributed by atoms with E-state index in [2.05, 4.69) is 34.6 Å². The zero-order valence-electron chi connectivity index (χ0n) is 11.9. The minimum absolute atomic E-state index is 0.192. The van der Waals surface area contributed by atoms with Gasteiger partial charge in [0.25, 0.3) is 0 Å². The van der Waals surface area contributed by atoms with E-state index >= 15 is 0 Å². The molecule has 16 heavy (non-hydrogen) atoms. The zero-order chi connectivity index (χ0) is 12.8. The molecule has 2 heteroatoms. The highest BCUT2D eigenvalue weighted by atomic mass is 16.6. The molecule has 0 bridgehead atoms. The van der Waals surface area contributed by atoms with Crippen molar-refractivity contribution in [3.05, 3.63) is 0 Å². The Morgan fingerprint density at radius 3 is 2.06 bits per heavy atom. The SMILES string of the molecule is CCC(O)OC(CCC(C)C)CC(C)(C)C. The number of aliphatic hydroxyl groups excluding tert-OH is 1. The molecule has 2 nitrogen and oxygen atoms in total. The highest BCUT2D eigenvalue weighted by molar-refractivity contribution is 4.70. The molecule has 98 valence electrons. The molecule has 2 unspecified atom stereocenters. The first-order chi connectivity index (χ1) is 7.24. The minimum atomic E-state index is -0.598. The van der Waals surface area contributed by atoms with E-state index in [1.54, 1.807) is 0 Å². The summed E-state index contributed by atoms with van der Waals surface area (Å²) < 4.78 is 5.68. The lowest BCUT2D eigenvalue weighted by Gasteiger charge is -2.28. The molecule has 2 atom stereocenters. The average molecular weight is 230 g/mol. The van der Waals surface area contributed by atoms with Gasteiger partial charge in [0.1, 0.15) is 0 Å². The Bertz CT molecular complexity index is 170. The first-order valence-corrected chi connectivity index (χ1v) is 6.58. The van der Waals surface area contributed by atoms with E-state index in [0.29, 0.717) is 12.3 Å². The van der Waals surface area contributed by atoms with Crippen LogP contribution in [-0.2, 0) is 4.74 Å². The van der Waals surface area contributed by atoms with Crippen LogP contribution in [0.3, 0.4) is 0 Å². The fraction of sp³-hybridized carbons (Fsp3) is 1.00. The number of hydrogen-bond donors (Lipinski definition) is 1. The van der Waals surface area contributed by atoms with E-state index in [0.717, 1.165) is 19.3 Å². The molecule has 0 saturated carbocycles. The van der Waals surface area contributed by atoms with Crippen LogP contribution in [0.25, 0.3) is 0 Å². The second-order valence-corrected chi connectivity index (χ2v) is 6.36. The molecule has 0 aliphatic heterocycles. The van der Waals surface area contributed by atoms with Gasteiger partial charge in [0, 0.05) is 0 Å². The van der Waals surface area contributed by atoms with Gasteiger partial charge >= 0.3 is 0 Å². The third kappa shape index (κ3) is 9.17. The van der Waals surface area contributed by atoms with Crippen molar-refractivity contribution in [1.29, 1.82) is 0 Å². The number of rotatable bonds is 7. The third-order valence-electron chi connectivity index (χ3n) is 2.60. The van der Waals surface area contributed by atoms with Gasteiger partial charge in [0.2, 0.25) is 0 Å². The fourth-order valence-corrected chi connectivity index (χ4v) is 1.74. The molecule has 0 fully saturated rings. The first-order valence-electron chi connectivity index (χ1n) is 6.58. The first kappa shape index (κ1) is 15.9. The zero-order valence-corrected chi connectivity index (χ0v) is 11.9. The van der Waals surface area contributed by atoms with Crippen molar-refractivity contribution in [2.24, 2.45) is 11.3 Å². The lowest BCUT2D eigenvalue weighted by Crippen LogP contribution is -2.26. The van der Waals surface area contributed by atoms with Gasteiger partial charge in [-0.05, 0) is 37.0 Å². The van der Waals surface area contributed by atoms with Crippen LogP contribution in [0, 0.1) is 11.3 Å². The fourth-order valence-electron chi connectivity index (χ4n) is 1.74. The Labute approximate surface area is 101 Å². The second-order valence-electron chi connectivity index (χ2n) is 6.36. The topological polar surface area (TPSA) is 29.5 Å². The maximum absolute atomic E-state index is 9.57. The van der Waals surface area contributed by atoms with Gasteiger partial charge in [-0.2, -0.15) is 0 Å². The molecule has 1 N–H and O–H groups in total. The summed E-state index contributed by atoms with van der Waals surface area (Å²) in [7, 11) is 0. The normalized spacial score (nSPS) is 16.5. The second kappa shape index (κ2) is 7.29. The molecule has 0 heterocycles. The van der Waals surface area contributed by atoms with Crippen LogP contribution in [0.15, 0.2) is 0 Å². The summed E-state index contributed by atoms with van der Waals surface area (Å²) in [6.07, 6.45) is 3.49. The predicted octanol–water partition coefficient (Wildman–Crippen LogP) is 3.97. The lowest BCUT2D eigenvalue weighted by atomic mass is 9.87. The maximum atomic E-state index is 9.57. The molecule has 0 aromatic rings. The largest absolute Gasteiger partial charge is 0.368 e. The van der Waals surface area contributed by atoms with Gasteiger partial charge in [-0.1, -0.05) is 41.5 Å². The summed E-state index contributed by atoms with van der Waals surface area (Å²) in [5, 5.41) is 9.57. The summed E-state index contributed by atoms with van der Waals surface area (Å²) in [5.74, 6) is 0.699. The van der Waals surface area contributed by atoms with Crippen molar-refractivity contribution in [3.8, 4) is 0 Å². The van der Waals surface area contributed by atoms with Crippen LogP contribution in [-0.4, -0.2) is 17.5 Å². The van der Waals surface area contributed by atoms with E-state index in [1.165, 1.54) is 0 Å². The van der Waals surface area contributed by atoms with Crippen molar-refractivity contribution in [1.82, 2.24) is 0 Å². The highest BCUT2D eigenvalue weighted by Crippen LogP contribution is 2.26. The maximum Gasteiger partial charge on any atom is 0.154 e. The molecule has 0 saturated heterocycles. The Hall–Kier alpha value is -0.0800. The summed E-state index contributed by atoms with van der Waals surface area (Å²) in [4.78, 5) is 0. The Balaban J connectivity index is 4.16. The van der Waals surface area contributed by atoms with E-state index in [9.17, 15) is 5.11 Å². The van der Waals surface area contributed by atoms with Crippen LogP contribution >= 0.6 is 0 Å². The standard InChI is InChI=1S/C14H30O2/c1-7-13(15)16-12(9-8-11(2)3)10-14(4,5)6/h11-13,15H,7-10H2,1-6H3. The molecule has 0 spiro atoms. The van der Waals surface area contributed by atoms with Gasteiger partial charge < -0.3 is 9.84 Å². The van der Waals surface area contributed by atoms with Crippen molar-refractivity contribution < 1.29 is 9.84 Å². The minimum Gasteiger partial charge on any atom is -0.368 e. The monoisotopic (exact) mass is 230 g/mol. The Kier molecular flexibility index (Phi) is 7.25. The highest BCUT2D eigenvalue weighted by Gasteiger charge is 2.21. The molecule has 0 rings (SSSR count). The molecular formula is C14H30O2. The van der Waals surface area contributed by atoms with E-state index in [4.69, 9.17) is 4.74 Å². The van der Waals surface area contributed by atoms with Gasteiger partial charge in [0.15, 0.2) is 6.29 Å². The summed E-state index contributed by atoms with van der Waals surface area (Å²) in [5.41, 5.74) is 0.259. The summed E-state index contributed by atoms with van der Waals surface area (Å²) >= 11 is 0. The van der Waals surface area contributed by atoms with Crippen molar-refractivity contribution in [3.63, 3.8) is 0 Å². The lowest BCUT2D eigenvalue weighted by molar-refractivity contribution is -0.147. The number of ether oxygens (including phenoxy) is 1. The Morgan fingerprint density at radius 1 is 1.12 bits per heavy atom. The summed E-state index contributed by atoms with van der Waals surface area (Å²) in [6, 6.07) is 0. The van der Waals surface area contributed by atoms with Gasteiger partial charge in [-0.25, -0.2) is 0 Å². The van der Waals surface area contributed by atoms with Gasteiger partial charge in [-0.3, -0.25) is 0 Å². The molecule has 0 aliphatic carbocycles. The van der Waals surface area contributed by atoms with Crippen molar-refractivity contribution in [2.45, 2.75) is 79.6 Å². The van der Waals surface area contributed by atoms with Crippen LogP contribution in [0.2, 0.25) is 0 Å². The van der Waals surface area contributed by atoms with Crippen LogP contribution in [0.1, 0.15) is 67.2 Å². The van der Waals surface area contributed by atoms with Crippen LogP contribution < -0.4 is 0 Å². The van der Waals surface area contributed by atoms with Crippen molar-refractivity contribution in [2.75, 3.05) is 0 Å². The van der Waals surface area contributed by atoms with Crippen molar-refractivity contribution >= 4 is 0 Å². The molecule has 0 amide bonds. The molecular weight excluding hydrogens is 200 g/mol. The number of aliphatic hydroxyl groups is 1. The van der Waals surface area contributed by atoms with Gasteiger partial charge in [0.05, 0.1) is 6.10 Å². The van der Waals surface area contributed by atoms with Crippen LogP contribution in [0.4, 0.5) is 0 Å². The Morgan fingerprint density at radius 2 is 1.69 bits per heavy atom. The molecule has 0 aromatic carbocycles. The van der Waals surface area contributed by atoms with Crippen LogP contribution in [0.5, 0.6) is 0 Å². The average Bonchev–Trinajstić information content (AvgIpc) is 2.11. The molecule has 0 radical (unpaired) electrons. The van der Waals surface area contributed by atoms with E-state index in [1.807, 2.05) is 6.92 Å². The predicted molar refractivity (Wildman–Crippen MR) is 69.3 cm³/mol. The molecule has 0 aliphatic rings. The number of hydrogen-bond acceptors (Lipinski definition) is 2. The third-order valence-corrected chi connectivity index (χ3v) is 2.60. The smallest absolute Gasteiger partial charge is 0.154 e. The molecule has 0 aromatic heterocycles. The van der Waals surface area contributed by atoms with E-state index in [-0.39, 0.29) is 11.5 Å². The van der Waals surface area contributed by atoms with Gasteiger partial charge in [-0.15, -0.1) is 0 Å². The summed E-state index contributed by atoms with van der Waals surface area (Å²) in [6.45, 7) is 13.1. The van der Waals surface area contributed by atoms with E-state index < -0.39 is 6.29 Å².